The molecule has 0 radical (unpaired) electrons. The Morgan fingerprint density at radius 2 is 1.96 bits per heavy atom. The van der Waals surface area contributed by atoms with Crippen LogP contribution in [0.5, 0.6) is 0 Å². The van der Waals surface area contributed by atoms with Gasteiger partial charge in [-0.05, 0) is 49.2 Å². The van der Waals surface area contributed by atoms with Crippen molar-refractivity contribution < 1.29 is 4.79 Å². The molecule has 140 valence electrons. The summed E-state index contributed by atoms with van der Waals surface area (Å²) in [5, 5.41) is 12.7. The average Bonchev–Trinajstić information content (AvgIpc) is 3.17. The second-order valence-corrected chi connectivity index (χ2v) is 7.45. The minimum atomic E-state index is -0.114. The van der Waals surface area contributed by atoms with E-state index in [2.05, 4.69) is 46.5 Å². The van der Waals surface area contributed by atoms with E-state index >= 15 is 0 Å². The van der Waals surface area contributed by atoms with Crippen molar-refractivity contribution >= 4 is 34.3 Å². The predicted molar refractivity (Wildman–Crippen MR) is 112 cm³/mol. The third-order valence-electron chi connectivity index (χ3n) is 4.49. The minimum Gasteiger partial charge on any atom is -0.324 e. The van der Waals surface area contributed by atoms with Gasteiger partial charge in [-0.15, -0.1) is 10.2 Å². The molecular formula is C21H19N5OS. The van der Waals surface area contributed by atoms with Crippen molar-refractivity contribution in [2.75, 3.05) is 11.1 Å². The lowest BCUT2D eigenvalue weighted by molar-refractivity contribution is -0.113. The van der Waals surface area contributed by atoms with Gasteiger partial charge in [0.05, 0.1) is 23.2 Å². The summed E-state index contributed by atoms with van der Waals surface area (Å²) in [6.07, 6.45) is 3.33. The molecule has 7 heteroatoms. The van der Waals surface area contributed by atoms with Crippen LogP contribution in [0, 0.1) is 13.8 Å². The summed E-state index contributed by atoms with van der Waals surface area (Å²) in [6, 6.07) is 15.9. The Morgan fingerprint density at radius 1 is 1.11 bits per heavy atom. The second kappa shape index (κ2) is 7.82. The average molecular weight is 389 g/mol. The number of para-hydroxylation sites is 1. The molecule has 0 unspecified atom stereocenters. The highest BCUT2D eigenvalue weighted by Gasteiger charge is 2.11. The Balaban J connectivity index is 1.43. The Morgan fingerprint density at radius 3 is 2.82 bits per heavy atom. The number of hydrogen-bond acceptors (Lipinski definition) is 5. The number of thioether (sulfide) groups is 1. The number of anilines is 1. The van der Waals surface area contributed by atoms with Crippen LogP contribution in [0.15, 0.2) is 66.2 Å². The SMILES string of the molecule is Cc1ccc(-n2cnnc2SCC(=O)Nc2cnc3ccccc3c2)cc1C. The molecule has 1 amide bonds. The normalized spacial score (nSPS) is 10.9. The van der Waals surface area contributed by atoms with Crippen molar-refractivity contribution in [3.8, 4) is 5.69 Å². The van der Waals surface area contributed by atoms with Crippen LogP contribution in [-0.4, -0.2) is 31.4 Å². The Hall–Kier alpha value is -3.19. The fraction of sp³-hybridized carbons (Fsp3) is 0.143. The van der Waals surface area contributed by atoms with E-state index in [1.165, 1.54) is 22.9 Å². The van der Waals surface area contributed by atoms with E-state index < -0.39 is 0 Å². The van der Waals surface area contributed by atoms with Gasteiger partial charge in [-0.2, -0.15) is 0 Å². The molecule has 2 aromatic heterocycles. The van der Waals surface area contributed by atoms with Crippen molar-refractivity contribution in [1.29, 1.82) is 0 Å². The number of carbonyl (C=O) groups is 1. The van der Waals surface area contributed by atoms with Crippen molar-refractivity contribution in [1.82, 2.24) is 19.7 Å². The number of aromatic nitrogens is 4. The van der Waals surface area contributed by atoms with Gasteiger partial charge in [0, 0.05) is 11.1 Å². The van der Waals surface area contributed by atoms with E-state index in [4.69, 9.17) is 0 Å². The summed E-state index contributed by atoms with van der Waals surface area (Å²) in [7, 11) is 0. The topological polar surface area (TPSA) is 72.7 Å². The molecule has 2 aromatic carbocycles. The Bertz CT molecular complexity index is 1150. The third kappa shape index (κ3) is 3.89. The minimum absolute atomic E-state index is 0.114. The molecule has 6 nitrogen and oxygen atoms in total. The molecule has 1 N–H and O–H groups in total. The van der Waals surface area contributed by atoms with Gasteiger partial charge in [0.25, 0.3) is 0 Å². The first-order valence-electron chi connectivity index (χ1n) is 8.85. The van der Waals surface area contributed by atoms with E-state index in [0.29, 0.717) is 10.8 Å². The lowest BCUT2D eigenvalue weighted by atomic mass is 10.1. The van der Waals surface area contributed by atoms with Gasteiger partial charge in [-0.1, -0.05) is 36.0 Å². The molecule has 0 fully saturated rings. The molecule has 0 atom stereocenters. The number of fused-ring (bicyclic) bond motifs is 1. The van der Waals surface area contributed by atoms with Crippen LogP contribution < -0.4 is 5.32 Å². The number of rotatable bonds is 5. The highest BCUT2D eigenvalue weighted by Crippen LogP contribution is 2.22. The van der Waals surface area contributed by atoms with E-state index in [1.807, 2.05) is 41.0 Å². The van der Waals surface area contributed by atoms with E-state index in [-0.39, 0.29) is 11.7 Å². The molecule has 0 saturated carbocycles. The number of pyridine rings is 1. The number of benzene rings is 2. The van der Waals surface area contributed by atoms with Gasteiger partial charge < -0.3 is 5.32 Å². The standard InChI is InChI=1S/C21H19N5OS/c1-14-7-8-18(9-15(14)2)26-13-23-25-21(26)28-12-20(27)24-17-10-16-5-3-4-6-19(16)22-11-17/h3-11,13H,12H2,1-2H3,(H,24,27). The lowest BCUT2D eigenvalue weighted by Gasteiger charge is -2.09. The molecular weight excluding hydrogens is 370 g/mol. The van der Waals surface area contributed by atoms with Crippen molar-refractivity contribution in [2.45, 2.75) is 19.0 Å². The zero-order valence-electron chi connectivity index (χ0n) is 15.6. The molecule has 28 heavy (non-hydrogen) atoms. The highest BCUT2D eigenvalue weighted by molar-refractivity contribution is 7.99. The molecule has 0 aliphatic heterocycles. The molecule has 0 aliphatic rings. The number of amides is 1. The quantitative estimate of drug-likeness (QED) is 0.519. The molecule has 2 heterocycles. The van der Waals surface area contributed by atoms with Crippen LogP contribution in [0.2, 0.25) is 0 Å². The predicted octanol–water partition coefficient (Wildman–Crippen LogP) is 4.16. The number of nitrogens with zero attached hydrogens (tertiary/aromatic N) is 4. The van der Waals surface area contributed by atoms with E-state index in [9.17, 15) is 4.79 Å². The van der Waals surface area contributed by atoms with Gasteiger partial charge >= 0.3 is 0 Å². The fourth-order valence-corrected chi connectivity index (χ4v) is 3.57. The first kappa shape index (κ1) is 18.2. The van der Waals surface area contributed by atoms with Crippen LogP contribution in [0.4, 0.5) is 5.69 Å². The largest absolute Gasteiger partial charge is 0.324 e. The first-order valence-corrected chi connectivity index (χ1v) is 9.84. The maximum atomic E-state index is 12.4. The van der Waals surface area contributed by atoms with E-state index in [0.717, 1.165) is 16.6 Å². The molecule has 4 rings (SSSR count). The van der Waals surface area contributed by atoms with Gasteiger partial charge in [-0.3, -0.25) is 14.3 Å². The van der Waals surface area contributed by atoms with Crippen LogP contribution in [-0.2, 0) is 4.79 Å². The maximum absolute atomic E-state index is 12.4. The van der Waals surface area contributed by atoms with Gasteiger partial charge in [0.2, 0.25) is 5.91 Å². The summed E-state index contributed by atoms with van der Waals surface area (Å²) < 4.78 is 1.89. The third-order valence-corrected chi connectivity index (χ3v) is 5.43. The Kier molecular flexibility index (Phi) is 5.08. The maximum Gasteiger partial charge on any atom is 0.234 e. The Labute approximate surface area is 167 Å². The highest BCUT2D eigenvalue weighted by atomic mass is 32.2. The zero-order valence-corrected chi connectivity index (χ0v) is 16.4. The number of nitrogens with one attached hydrogen (secondary N) is 1. The van der Waals surface area contributed by atoms with Crippen LogP contribution in [0.1, 0.15) is 11.1 Å². The van der Waals surface area contributed by atoms with Crippen LogP contribution in [0.25, 0.3) is 16.6 Å². The smallest absolute Gasteiger partial charge is 0.234 e. The monoisotopic (exact) mass is 389 g/mol. The zero-order chi connectivity index (χ0) is 19.5. The van der Waals surface area contributed by atoms with Gasteiger partial charge in [-0.25, -0.2) is 0 Å². The van der Waals surface area contributed by atoms with Crippen molar-refractivity contribution in [2.24, 2.45) is 0 Å². The van der Waals surface area contributed by atoms with E-state index in [1.54, 1.807) is 12.5 Å². The summed E-state index contributed by atoms with van der Waals surface area (Å²) in [5.41, 5.74) is 4.99. The molecule has 0 saturated heterocycles. The molecule has 4 aromatic rings. The molecule has 0 bridgehead atoms. The number of hydrogen-bond donors (Lipinski definition) is 1. The first-order chi connectivity index (χ1) is 13.6. The van der Waals surface area contributed by atoms with Gasteiger partial charge in [0.1, 0.15) is 6.33 Å². The lowest BCUT2D eigenvalue weighted by Crippen LogP contribution is -2.14. The fourth-order valence-electron chi connectivity index (χ4n) is 2.84. The number of carbonyl (C=O) groups excluding carboxylic acids is 1. The summed E-state index contributed by atoms with van der Waals surface area (Å²) in [4.78, 5) is 16.7. The summed E-state index contributed by atoms with van der Waals surface area (Å²) in [5.74, 6) is 0.118. The van der Waals surface area contributed by atoms with Crippen molar-refractivity contribution in [3.63, 3.8) is 0 Å². The molecule has 0 spiro atoms. The summed E-state index contributed by atoms with van der Waals surface area (Å²) in [6.45, 7) is 4.15. The van der Waals surface area contributed by atoms with Gasteiger partial charge in [0.15, 0.2) is 5.16 Å². The number of aryl methyl sites for hydroxylation is 2. The molecule has 0 aliphatic carbocycles. The van der Waals surface area contributed by atoms with Crippen LogP contribution >= 0.6 is 11.8 Å². The van der Waals surface area contributed by atoms with Crippen molar-refractivity contribution in [3.05, 3.63) is 72.2 Å². The summed E-state index contributed by atoms with van der Waals surface area (Å²) >= 11 is 1.35. The van der Waals surface area contributed by atoms with Crippen LogP contribution in [0.3, 0.4) is 0 Å². The second-order valence-electron chi connectivity index (χ2n) is 6.51.